The van der Waals surface area contributed by atoms with E-state index in [0.29, 0.717) is 38.7 Å². The molecule has 3 rings (SSSR count). The Morgan fingerprint density at radius 1 is 1.15 bits per heavy atom. The van der Waals surface area contributed by atoms with Crippen LogP contribution in [-0.2, 0) is 14.3 Å². The van der Waals surface area contributed by atoms with Crippen LogP contribution in [0.25, 0.3) is 6.08 Å². The van der Waals surface area contributed by atoms with Crippen molar-refractivity contribution < 1.29 is 33.4 Å². The number of hydrogen-bond donors (Lipinski definition) is 0. The van der Waals surface area contributed by atoms with E-state index < -0.39 is 17.1 Å². The SMILES string of the molecule is CCOc1cc(/C=C2\SC(=O)N(CC(=O)c3ccc(Cl)cc3)C2=O)cc(Br)c1OCC(=O)OC. The van der Waals surface area contributed by atoms with Gasteiger partial charge < -0.3 is 14.2 Å². The molecule has 1 fully saturated rings. The number of halogens is 2. The second-order valence-electron chi connectivity index (χ2n) is 6.83. The van der Waals surface area contributed by atoms with Gasteiger partial charge in [0, 0.05) is 10.6 Å². The average Bonchev–Trinajstić information content (AvgIpc) is 3.06. The zero-order valence-corrected chi connectivity index (χ0v) is 21.3. The molecule has 0 spiro atoms. The van der Waals surface area contributed by atoms with Crippen LogP contribution < -0.4 is 9.47 Å². The largest absolute Gasteiger partial charge is 0.490 e. The molecule has 2 amide bonds. The maximum Gasteiger partial charge on any atom is 0.343 e. The van der Waals surface area contributed by atoms with Crippen molar-refractivity contribution in [2.75, 3.05) is 26.9 Å². The molecule has 0 atom stereocenters. The molecule has 8 nitrogen and oxygen atoms in total. The van der Waals surface area contributed by atoms with E-state index in [0.717, 1.165) is 16.7 Å². The molecule has 0 unspecified atom stereocenters. The highest BCUT2D eigenvalue weighted by Crippen LogP contribution is 2.39. The van der Waals surface area contributed by atoms with Gasteiger partial charge in [0.25, 0.3) is 11.1 Å². The first-order chi connectivity index (χ1) is 16.2. The molecule has 0 saturated carbocycles. The average molecular weight is 569 g/mol. The van der Waals surface area contributed by atoms with Crippen LogP contribution in [0.4, 0.5) is 4.79 Å². The lowest BCUT2D eigenvalue weighted by Gasteiger charge is -2.14. The third-order valence-corrected chi connectivity index (χ3v) is 6.28. The summed E-state index contributed by atoms with van der Waals surface area (Å²) in [5, 5.41) is -0.0642. The summed E-state index contributed by atoms with van der Waals surface area (Å²) in [6, 6.07) is 9.48. The summed E-state index contributed by atoms with van der Waals surface area (Å²) < 4.78 is 16.2. The Morgan fingerprint density at radius 2 is 1.85 bits per heavy atom. The standard InChI is InChI=1S/C23H19BrClNO7S/c1-3-32-18-9-13(8-16(24)21(18)33-12-20(28)31-2)10-19-22(29)26(23(30)34-19)11-17(27)14-4-6-15(25)7-5-14/h4-10H,3,11-12H2,1-2H3/b19-10-. The summed E-state index contributed by atoms with van der Waals surface area (Å²) in [5.74, 6) is -0.874. The summed E-state index contributed by atoms with van der Waals surface area (Å²) in [4.78, 5) is 50.3. The monoisotopic (exact) mass is 567 g/mol. The van der Waals surface area contributed by atoms with Gasteiger partial charge in [-0.1, -0.05) is 11.6 Å². The van der Waals surface area contributed by atoms with Crippen molar-refractivity contribution in [3.63, 3.8) is 0 Å². The van der Waals surface area contributed by atoms with Crippen LogP contribution in [0.3, 0.4) is 0 Å². The minimum absolute atomic E-state index is 0.159. The number of rotatable bonds is 9. The van der Waals surface area contributed by atoms with Crippen molar-refractivity contribution in [3.05, 3.63) is 61.9 Å². The summed E-state index contributed by atoms with van der Waals surface area (Å²) in [6.07, 6.45) is 1.52. The van der Waals surface area contributed by atoms with Crippen molar-refractivity contribution in [3.8, 4) is 11.5 Å². The number of Topliss-reactive ketones (excluding diaryl/α,β-unsaturated/α-hetero) is 1. The molecule has 0 aliphatic carbocycles. The Labute approximate surface area is 213 Å². The normalized spacial score (nSPS) is 14.5. The van der Waals surface area contributed by atoms with E-state index in [-0.39, 0.29) is 23.8 Å². The van der Waals surface area contributed by atoms with Crippen molar-refractivity contribution >= 4 is 68.3 Å². The fourth-order valence-corrected chi connectivity index (χ4v) is 4.46. The maximum absolute atomic E-state index is 12.8. The van der Waals surface area contributed by atoms with Crippen LogP contribution in [0.1, 0.15) is 22.8 Å². The fraction of sp³-hybridized carbons (Fsp3) is 0.217. The number of methoxy groups -OCH3 is 1. The van der Waals surface area contributed by atoms with Crippen molar-refractivity contribution in [1.29, 1.82) is 0 Å². The predicted molar refractivity (Wildman–Crippen MR) is 131 cm³/mol. The first kappa shape index (κ1) is 25.8. The number of amides is 2. The highest BCUT2D eigenvalue weighted by molar-refractivity contribution is 9.10. The van der Waals surface area contributed by atoms with Gasteiger partial charge in [0.2, 0.25) is 0 Å². The van der Waals surface area contributed by atoms with E-state index in [1.807, 2.05) is 0 Å². The number of benzene rings is 2. The Morgan fingerprint density at radius 3 is 2.50 bits per heavy atom. The number of ketones is 1. The summed E-state index contributed by atoms with van der Waals surface area (Å²) in [5.41, 5.74) is 0.899. The smallest absolute Gasteiger partial charge is 0.343 e. The van der Waals surface area contributed by atoms with Gasteiger partial charge in [-0.2, -0.15) is 0 Å². The van der Waals surface area contributed by atoms with Crippen LogP contribution in [0.15, 0.2) is 45.8 Å². The van der Waals surface area contributed by atoms with Crippen LogP contribution in [0.2, 0.25) is 5.02 Å². The van der Waals surface area contributed by atoms with Gasteiger partial charge in [-0.25, -0.2) is 4.79 Å². The van der Waals surface area contributed by atoms with Crippen LogP contribution in [0, 0.1) is 0 Å². The number of hydrogen-bond acceptors (Lipinski definition) is 8. The van der Waals surface area contributed by atoms with E-state index in [1.54, 1.807) is 31.2 Å². The number of imide groups is 1. The fourth-order valence-electron chi connectivity index (χ4n) is 2.92. The number of thioether (sulfide) groups is 1. The minimum Gasteiger partial charge on any atom is -0.490 e. The Hall–Kier alpha value is -2.82. The lowest BCUT2D eigenvalue weighted by molar-refractivity contribution is -0.143. The van der Waals surface area contributed by atoms with E-state index >= 15 is 0 Å². The van der Waals surface area contributed by atoms with E-state index in [9.17, 15) is 19.2 Å². The van der Waals surface area contributed by atoms with Crippen LogP contribution >= 0.6 is 39.3 Å². The number of nitrogens with zero attached hydrogens (tertiary/aromatic N) is 1. The van der Waals surface area contributed by atoms with E-state index in [1.165, 1.54) is 25.3 Å². The van der Waals surface area contributed by atoms with E-state index in [2.05, 4.69) is 20.7 Å². The van der Waals surface area contributed by atoms with Gasteiger partial charge in [0.05, 0.1) is 29.6 Å². The topological polar surface area (TPSA) is 99.2 Å². The molecule has 34 heavy (non-hydrogen) atoms. The number of ether oxygens (including phenoxy) is 3. The first-order valence-electron chi connectivity index (χ1n) is 9.93. The van der Waals surface area contributed by atoms with Gasteiger partial charge in [0.1, 0.15) is 0 Å². The maximum atomic E-state index is 12.8. The zero-order valence-electron chi connectivity index (χ0n) is 18.1. The van der Waals surface area contributed by atoms with Gasteiger partial charge in [-0.3, -0.25) is 19.3 Å². The number of carbonyl (C=O) groups is 4. The van der Waals surface area contributed by atoms with Gasteiger partial charge in [-0.15, -0.1) is 0 Å². The molecular weight excluding hydrogens is 550 g/mol. The van der Waals surface area contributed by atoms with Crippen molar-refractivity contribution in [1.82, 2.24) is 4.90 Å². The van der Waals surface area contributed by atoms with Gasteiger partial charge in [-0.05, 0) is 82.7 Å². The highest BCUT2D eigenvalue weighted by Gasteiger charge is 2.36. The predicted octanol–water partition coefficient (Wildman–Crippen LogP) is 4.97. The first-order valence-corrected chi connectivity index (χ1v) is 11.9. The molecule has 178 valence electrons. The molecule has 0 aromatic heterocycles. The Bertz CT molecular complexity index is 1170. The zero-order chi connectivity index (χ0) is 24.8. The molecule has 2 aromatic rings. The molecule has 0 radical (unpaired) electrons. The second-order valence-corrected chi connectivity index (χ2v) is 9.11. The van der Waals surface area contributed by atoms with E-state index in [4.69, 9.17) is 21.1 Å². The molecule has 1 saturated heterocycles. The highest BCUT2D eigenvalue weighted by atomic mass is 79.9. The summed E-state index contributed by atoms with van der Waals surface area (Å²) >= 11 is 9.96. The van der Waals surface area contributed by atoms with Crippen LogP contribution in [-0.4, -0.2) is 54.7 Å². The Kier molecular flexibility index (Phi) is 8.76. The van der Waals surface area contributed by atoms with Crippen molar-refractivity contribution in [2.24, 2.45) is 0 Å². The summed E-state index contributed by atoms with van der Waals surface area (Å²) in [6.45, 7) is 1.43. The molecule has 1 aliphatic heterocycles. The third kappa shape index (κ3) is 6.19. The quantitative estimate of drug-likeness (QED) is 0.237. The lowest BCUT2D eigenvalue weighted by Crippen LogP contribution is -2.33. The van der Waals surface area contributed by atoms with Crippen molar-refractivity contribution in [2.45, 2.75) is 6.92 Å². The van der Waals surface area contributed by atoms with Gasteiger partial charge >= 0.3 is 5.97 Å². The van der Waals surface area contributed by atoms with Crippen LogP contribution in [0.5, 0.6) is 11.5 Å². The molecule has 0 bridgehead atoms. The Balaban J connectivity index is 1.81. The second kappa shape index (κ2) is 11.5. The lowest BCUT2D eigenvalue weighted by atomic mass is 10.1. The molecule has 1 heterocycles. The molecule has 2 aromatic carbocycles. The molecule has 11 heteroatoms. The molecule has 0 N–H and O–H groups in total. The molecule has 1 aliphatic rings. The minimum atomic E-state index is -0.572. The summed E-state index contributed by atoms with van der Waals surface area (Å²) in [7, 11) is 1.25. The third-order valence-electron chi connectivity index (χ3n) is 4.53. The van der Waals surface area contributed by atoms with Gasteiger partial charge in [0.15, 0.2) is 23.9 Å². The number of esters is 1. The number of carbonyl (C=O) groups excluding carboxylic acids is 4. The molecular formula is C23H19BrClNO7S.